The second-order valence-corrected chi connectivity index (χ2v) is 0. The molecule has 0 heterocycles. The van der Waals surface area contributed by atoms with Crippen LogP contribution in [0.25, 0.3) is 0 Å². The molecule has 0 atom stereocenters. The fourth-order valence-corrected chi connectivity index (χ4v) is 0. The molecule has 0 aliphatic rings. The van der Waals surface area contributed by atoms with Crippen molar-refractivity contribution in [2.75, 3.05) is 0 Å². The molecule has 1 radical (unpaired) electrons. The van der Waals surface area contributed by atoms with E-state index in [1.165, 1.54) is 0 Å². The molecule has 0 rings (SSSR count). The van der Waals surface area contributed by atoms with E-state index in [0.717, 1.165) is 0 Å². The van der Waals surface area contributed by atoms with Gasteiger partial charge in [-0.3, -0.25) is 0 Å². The van der Waals surface area contributed by atoms with Gasteiger partial charge in [-0.15, -0.1) is 0 Å². The van der Waals surface area contributed by atoms with Gasteiger partial charge in [-0.25, -0.2) is 0 Å². The van der Waals surface area contributed by atoms with Gasteiger partial charge in [0.25, 0.3) is 0 Å². The summed E-state index contributed by atoms with van der Waals surface area (Å²) >= 11 is 0. The van der Waals surface area contributed by atoms with E-state index in [2.05, 4.69) is 0 Å². The molecule has 0 amide bonds. The van der Waals surface area contributed by atoms with Crippen molar-refractivity contribution in [2.24, 2.45) is 0 Å². The number of hydrogen-bond donors (Lipinski definition) is 0. The van der Waals surface area contributed by atoms with Crippen molar-refractivity contribution in [3.63, 3.8) is 0 Å². The average Bonchev–Trinajstić information content (AvgIpc) is 0. The SMILES string of the molecule is [Cr].[Fe].[Mn].[Ni+2].[O-2]. The summed E-state index contributed by atoms with van der Waals surface area (Å²) in [7, 11) is 0. The van der Waals surface area contributed by atoms with Crippen LogP contribution in [0, 0.1) is 0 Å². The molecule has 0 aromatic rings. The van der Waals surface area contributed by atoms with Gasteiger partial charge in [-0.2, -0.15) is 0 Å². The van der Waals surface area contributed by atoms with Crippen LogP contribution in [-0.2, 0) is 73.5 Å². The van der Waals surface area contributed by atoms with Gasteiger partial charge in [0.2, 0.25) is 0 Å². The minimum atomic E-state index is 0. The molecule has 0 aliphatic carbocycles. The Hall–Kier alpha value is 2.02. The Morgan fingerprint density at radius 2 is 1.00 bits per heavy atom. The summed E-state index contributed by atoms with van der Waals surface area (Å²) in [4.78, 5) is 0. The third-order valence-electron chi connectivity index (χ3n) is 0. The van der Waals surface area contributed by atoms with Crippen molar-refractivity contribution >= 4 is 0 Å². The summed E-state index contributed by atoms with van der Waals surface area (Å²) < 4.78 is 0. The molecular formula is CrFeMnNiO. The monoisotopic (exact) mass is 237 g/mol. The van der Waals surface area contributed by atoms with Gasteiger partial charge in [0.05, 0.1) is 0 Å². The zero-order chi connectivity index (χ0) is 0. The van der Waals surface area contributed by atoms with E-state index in [9.17, 15) is 0 Å². The first-order chi connectivity index (χ1) is 0. The Bertz CT molecular complexity index is 11.6. The maximum Gasteiger partial charge on any atom is 2.00 e. The van der Waals surface area contributed by atoms with Crippen LogP contribution in [0.1, 0.15) is 0 Å². The van der Waals surface area contributed by atoms with E-state index in [4.69, 9.17) is 0 Å². The Morgan fingerprint density at radius 3 is 1.00 bits per heavy atom. The normalized spacial score (nSPS) is 0. The molecule has 37 valence electrons. The van der Waals surface area contributed by atoms with Gasteiger partial charge in [-0.1, -0.05) is 0 Å². The quantitative estimate of drug-likeness (QED) is 0.525. The van der Waals surface area contributed by atoms with E-state index >= 15 is 0 Å². The van der Waals surface area contributed by atoms with Crippen LogP contribution >= 0.6 is 0 Å². The molecule has 5 heteroatoms. The fourth-order valence-electron chi connectivity index (χ4n) is 0. The van der Waals surface area contributed by atoms with Gasteiger partial charge in [-0.05, 0) is 0 Å². The molecule has 0 spiro atoms. The molecule has 0 saturated carbocycles. The predicted octanol–water partition coefficient (Wildman–Crippen LogP) is -0.129. The van der Waals surface area contributed by atoms with E-state index in [-0.39, 0.29) is 73.5 Å². The maximum absolute atomic E-state index is 0. The molecule has 0 N–H and O–H groups in total. The van der Waals surface area contributed by atoms with Gasteiger partial charge in [0.15, 0.2) is 0 Å². The van der Waals surface area contributed by atoms with E-state index in [1.807, 2.05) is 0 Å². The fraction of sp³-hybridized carbons (Fsp3) is 0. The molecule has 0 aliphatic heterocycles. The molecule has 0 unspecified atom stereocenters. The first kappa shape index (κ1) is 62.2. The van der Waals surface area contributed by atoms with Gasteiger partial charge in [0, 0.05) is 51.5 Å². The zero-order valence-electron chi connectivity index (χ0n) is 1.86. The van der Waals surface area contributed by atoms with Crippen LogP contribution in [0.5, 0.6) is 0 Å². The average molecular weight is 237 g/mol. The largest absolute Gasteiger partial charge is 2.00 e. The standard InChI is InChI=1S/Cr.Fe.Mn.Ni.O/q;;;+2;-2. The molecule has 0 saturated heterocycles. The van der Waals surface area contributed by atoms with Gasteiger partial charge >= 0.3 is 16.5 Å². The van der Waals surface area contributed by atoms with Gasteiger partial charge in [0.1, 0.15) is 0 Å². The van der Waals surface area contributed by atoms with E-state index < -0.39 is 0 Å². The molecule has 5 heavy (non-hydrogen) atoms. The van der Waals surface area contributed by atoms with Crippen LogP contribution in [0.15, 0.2) is 0 Å². The zero-order valence-corrected chi connectivity index (χ0v) is 6.41. The Balaban J connectivity index is 0. The molecule has 0 aromatic carbocycles. The first-order valence-corrected chi connectivity index (χ1v) is 0. The van der Waals surface area contributed by atoms with Crippen molar-refractivity contribution in [1.29, 1.82) is 0 Å². The Morgan fingerprint density at radius 1 is 1.00 bits per heavy atom. The van der Waals surface area contributed by atoms with Crippen LogP contribution < -0.4 is 0 Å². The smallest absolute Gasteiger partial charge is 2.00 e. The summed E-state index contributed by atoms with van der Waals surface area (Å²) in [6.07, 6.45) is 0. The van der Waals surface area contributed by atoms with Crippen LogP contribution in [0.2, 0.25) is 0 Å². The molecule has 0 aromatic heterocycles. The van der Waals surface area contributed by atoms with Crippen molar-refractivity contribution in [3.05, 3.63) is 0 Å². The maximum atomic E-state index is 0. The summed E-state index contributed by atoms with van der Waals surface area (Å²) in [6, 6.07) is 0. The third kappa shape index (κ3) is 23.8. The first-order valence-electron chi connectivity index (χ1n) is 0. The summed E-state index contributed by atoms with van der Waals surface area (Å²) in [5, 5.41) is 0. The van der Waals surface area contributed by atoms with E-state index in [0.29, 0.717) is 0 Å². The van der Waals surface area contributed by atoms with Crippen molar-refractivity contribution in [2.45, 2.75) is 0 Å². The second-order valence-electron chi connectivity index (χ2n) is 0. The summed E-state index contributed by atoms with van der Waals surface area (Å²) in [5.74, 6) is 0. The van der Waals surface area contributed by atoms with Crippen molar-refractivity contribution < 1.29 is 73.5 Å². The second kappa shape index (κ2) is 37.1. The minimum absolute atomic E-state index is 0. The van der Waals surface area contributed by atoms with Crippen molar-refractivity contribution in [3.8, 4) is 0 Å². The molecule has 0 fully saturated rings. The topological polar surface area (TPSA) is 28.5 Å². The Kier molecular flexibility index (Phi) is 461. The summed E-state index contributed by atoms with van der Waals surface area (Å²) in [5.41, 5.74) is 0. The summed E-state index contributed by atoms with van der Waals surface area (Å²) in [6.45, 7) is 0. The Labute approximate surface area is 73.0 Å². The number of hydrogen-bond acceptors (Lipinski definition) is 0. The van der Waals surface area contributed by atoms with Crippen molar-refractivity contribution in [1.82, 2.24) is 0 Å². The van der Waals surface area contributed by atoms with Crippen LogP contribution in [0.4, 0.5) is 0 Å². The van der Waals surface area contributed by atoms with Crippen LogP contribution in [0.3, 0.4) is 0 Å². The third-order valence-corrected chi connectivity index (χ3v) is 0. The number of rotatable bonds is 0. The van der Waals surface area contributed by atoms with E-state index in [1.54, 1.807) is 0 Å². The predicted molar refractivity (Wildman–Crippen MR) is 0.686 cm³/mol. The molecule has 1 nitrogen and oxygen atoms in total. The molecule has 0 bridgehead atoms. The molecular weight excluding hydrogens is 237 g/mol. The van der Waals surface area contributed by atoms with Gasteiger partial charge < -0.3 is 5.48 Å². The van der Waals surface area contributed by atoms with Crippen LogP contribution in [-0.4, -0.2) is 0 Å². The minimum Gasteiger partial charge on any atom is -2.00 e.